The van der Waals surface area contributed by atoms with Crippen molar-refractivity contribution in [1.82, 2.24) is 5.32 Å². The summed E-state index contributed by atoms with van der Waals surface area (Å²) in [5, 5.41) is 15.2. The van der Waals surface area contributed by atoms with Crippen LogP contribution >= 0.6 is 0 Å². The molecule has 0 aliphatic carbocycles. The van der Waals surface area contributed by atoms with Crippen LogP contribution in [0.3, 0.4) is 0 Å². The van der Waals surface area contributed by atoms with Crippen molar-refractivity contribution >= 4 is 0 Å². The molecule has 3 rings (SSSR count). The molecule has 1 aliphatic rings. The van der Waals surface area contributed by atoms with E-state index < -0.39 is 17.2 Å². The SMILES string of the molecule is COCCCC[C@@](O)(c1cc(F)cc(F)c1Oc1ccccc1C)[C@@H]1CCCNC1. The molecule has 1 heterocycles. The monoisotopic (exact) mass is 419 g/mol. The molecule has 0 unspecified atom stereocenters. The summed E-state index contributed by atoms with van der Waals surface area (Å²) < 4.78 is 40.3. The van der Waals surface area contributed by atoms with E-state index in [1.54, 1.807) is 19.2 Å². The smallest absolute Gasteiger partial charge is 0.169 e. The van der Waals surface area contributed by atoms with Gasteiger partial charge in [0.2, 0.25) is 0 Å². The number of para-hydroxylation sites is 1. The molecule has 4 nitrogen and oxygen atoms in total. The van der Waals surface area contributed by atoms with E-state index >= 15 is 0 Å². The highest BCUT2D eigenvalue weighted by Crippen LogP contribution is 2.45. The van der Waals surface area contributed by atoms with Gasteiger partial charge >= 0.3 is 0 Å². The van der Waals surface area contributed by atoms with Crippen molar-refractivity contribution < 1.29 is 23.4 Å². The fraction of sp³-hybridized carbons (Fsp3) is 0.500. The predicted octanol–water partition coefficient (Wildman–Crippen LogP) is 5.07. The van der Waals surface area contributed by atoms with Gasteiger partial charge in [0.25, 0.3) is 0 Å². The highest BCUT2D eigenvalue weighted by molar-refractivity contribution is 5.45. The first-order valence-corrected chi connectivity index (χ1v) is 10.6. The highest BCUT2D eigenvalue weighted by atomic mass is 19.1. The first-order chi connectivity index (χ1) is 14.5. The maximum atomic E-state index is 15.0. The molecule has 0 bridgehead atoms. The van der Waals surface area contributed by atoms with Crippen LogP contribution in [0.15, 0.2) is 36.4 Å². The van der Waals surface area contributed by atoms with Gasteiger partial charge in [-0.05, 0) is 63.3 Å². The Morgan fingerprint density at radius 3 is 2.70 bits per heavy atom. The van der Waals surface area contributed by atoms with E-state index in [1.165, 1.54) is 6.07 Å². The van der Waals surface area contributed by atoms with E-state index in [9.17, 15) is 13.9 Å². The van der Waals surface area contributed by atoms with Crippen molar-refractivity contribution in [2.75, 3.05) is 26.8 Å². The van der Waals surface area contributed by atoms with Crippen molar-refractivity contribution in [2.24, 2.45) is 5.92 Å². The molecule has 1 saturated heterocycles. The largest absolute Gasteiger partial charge is 0.454 e. The lowest BCUT2D eigenvalue weighted by Gasteiger charge is -2.40. The third kappa shape index (κ3) is 5.17. The molecule has 2 N–H and O–H groups in total. The number of rotatable bonds is 9. The molecule has 2 aromatic rings. The molecule has 30 heavy (non-hydrogen) atoms. The van der Waals surface area contributed by atoms with E-state index in [1.807, 2.05) is 19.1 Å². The minimum Gasteiger partial charge on any atom is -0.454 e. The lowest BCUT2D eigenvalue weighted by Crippen LogP contribution is -2.44. The molecule has 164 valence electrons. The predicted molar refractivity (Wildman–Crippen MR) is 113 cm³/mol. The summed E-state index contributed by atoms with van der Waals surface area (Å²) in [6, 6.07) is 9.29. The van der Waals surface area contributed by atoms with Gasteiger partial charge in [-0.1, -0.05) is 18.2 Å². The Bertz CT molecular complexity index is 839. The number of ether oxygens (including phenoxy) is 2. The number of nitrogens with one attached hydrogen (secondary N) is 1. The maximum absolute atomic E-state index is 15.0. The van der Waals surface area contributed by atoms with E-state index in [4.69, 9.17) is 9.47 Å². The number of hydrogen-bond donors (Lipinski definition) is 2. The summed E-state index contributed by atoms with van der Waals surface area (Å²) in [5.41, 5.74) is -0.410. The zero-order valence-electron chi connectivity index (χ0n) is 17.7. The van der Waals surface area contributed by atoms with Crippen LogP contribution in [0.25, 0.3) is 0 Å². The fourth-order valence-electron chi connectivity index (χ4n) is 4.23. The van der Waals surface area contributed by atoms with E-state index in [0.29, 0.717) is 31.7 Å². The topological polar surface area (TPSA) is 50.7 Å². The Labute approximate surface area is 177 Å². The molecule has 1 fully saturated rings. The zero-order valence-corrected chi connectivity index (χ0v) is 17.7. The second-order valence-corrected chi connectivity index (χ2v) is 8.05. The Morgan fingerprint density at radius 1 is 1.20 bits per heavy atom. The number of aliphatic hydroxyl groups is 1. The average molecular weight is 420 g/mol. The Hall–Kier alpha value is -2.02. The molecule has 2 aromatic carbocycles. The van der Waals surface area contributed by atoms with Gasteiger partial charge in [0.1, 0.15) is 11.6 Å². The summed E-state index contributed by atoms with van der Waals surface area (Å²) in [7, 11) is 1.63. The Morgan fingerprint density at radius 2 is 2.00 bits per heavy atom. The van der Waals surface area contributed by atoms with Crippen LogP contribution in [-0.4, -0.2) is 31.9 Å². The molecule has 1 aliphatic heterocycles. The summed E-state index contributed by atoms with van der Waals surface area (Å²) in [6.45, 7) is 3.89. The molecular weight excluding hydrogens is 388 g/mol. The third-order valence-corrected chi connectivity index (χ3v) is 5.91. The van der Waals surface area contributed by atoms with Crippen LogP contribution in [0.4, 0.5) is 8.78 Å². The van der Waals surface area contributed by atoms with Gasteiger partial charge in [-0.15, -0.1) is 0 Å². The Kier molecular flexibility index (Phi) is 7.81. The molecule has 0 aromatic heterocycles. The minimum atomic E-state index is -1.41. The number of hydrogen-bond acceptors (Lipinski definition) is 4. The molecule has 6 heteroatoms. The fourth-order valence-corrected chi connectivity index (χ4v) is 4.23. The van der Waals surface area contributed by atoms with Crippen LogP contribution in [0.1, 0.15) is 43.2 Å². The van der Waals surface area contributed by atoms with Gasteiger partial charge in [-0.2, -0.15) is 0 Å². The van der Waals surface area contributed by atoms with E-state index in [2.05, 4.69) is 5.32 Å². The molecule has 0 spiro atoms. The molecule has 0 radical (unpaired) electrons. The van der Waals surface area contributed by atoms with E-state index in [-0.39, 0.29) is 17.2 Å². The summed E-state index contributed by atoms with van der Waals surface area (Å²) >= 11 is 0. The molecular formula is C24H31F2NO3. The zero-order chi connectivity index (χ0) is 21.6. The summed E-state index contributed by atoms with van der Waals surface area (Å²) in [4.78, 5) is 0. The lowest BCUT2D eigenvalue weighted by molar-refractivity contribution is -0.0452. The molecule has 0 saturated carbocycles. The van der Waals surface area contributed by atoms with Gasteiger partial charge in [0.05, 0.1) is 5.60 Å². The van der Waals surface area contributed by atoms with Crippen LogP contribution in [0.2, 0.25) is 0 Å². The van der Waals surface area contributed by atoms with Gasteiger partial charge in [-0.25, -0.2) is 8.78 Å². The van der Waals surface area contributed by atoms with Crippen LogP contribution in [0.5, 0.6) is 11.5 Å². The van der Waals surface area contributed by atoms with Gasteiger partial charge in [0, 0.05) is 37.8 Å². The van der Waals surface area contributed by atoms with Gasteiger partial charge in [-0.3, -0.25) is 0 Å². The summed E-state index contributed by atoms with van der Waals surface area (Å²) in [6.07, 6.45) is 3.47. The Balaban J connectivity index is 2.03. The third-order valence-electron chi connectivity index (χ3n) is 5.91. The number of piperidine rings is 1. The maximum Gasteiger partial charge on any atom is 0.169 e. The normalized spacial score (nSPS) is 18.8. The quantitative estimate of drug-likeness (QED) is 0.557. The van der Waals surface area contributed by atoms with Crippen LogP contribution in [-0.2, 0) is 10.3 Å². The first kappa shape index (κ1) is 22.7. The minimum absolute atomic E-state index is 0.106. The second kappa shape index (κ2) is 10.3. The van der Waals surface area contributed by atoms with Gasteiger partial charge < -0.3 is 19.9 Å². The number of benzene rings is 2. The molecule has 0 amide bonds. The van der Waals surface area contributed by atoms with Crippen molar-refractivity contribution in [3.8, 4) is 11.5 Å². The van der Waals surface area contributed by atoms with Crippen molar-refractivity contribution in [2.45, 2.75) is 44.6 Å². The number of halogens is 2. The van der Waals surface area contributed by atoms with E-state index in [0.717, 1.165) is 37.4 Å². The number of aryl methyl sites for hydroxylation is 1. The average Bonchev–Trinajstić information content (AvgIpc) is 2.74. The van der Waals surface area contributed by atoms with Crippen LogP contribution in [0, 0.1) is 24.5 Å². The van der Waals surface area contributed by atoms with Crippen molar-refractivity contribution in [1.29, 1.82) is 0 Å². The first-order valence-electron chi connectivity index (χ1n) is 10.6. The van der Waals surface area contributed by atoms with Crippen molar-refractivity contribution in [3.05, 3.63) is 59.2 Å². The standard InChI is InChI=1S/C24H31F2NO3/c1-17-8-3-4-10-22(17)30-23-20(14-19(25)15-21(23)26)24(28,11-5-6-13-29-2)18-9-7-12-27-16-18/h3-4,8,10,14-15,18,27-28H,5-7,9,11-13,16H2,1-2H3/t18-,24+/m1/s1. The number of unbranched alkanes of at least 4 members (excludes halogenated alkanes) is 1. The lowest BCUT2D eigenvalue weighted by atomic mass is 9.74. The van der Waals surface area contributed by atoms with Crippen LogP contribution < -0.4 is 10.1 Å². The summed E-state index contributed by atoms with van der Waals surface area (Å²) in [5.74, 6) is -1.33. The second-order valence-electron chi connectivity index (χ2n) is 8.05. The molecule has 2 atom stereocenters. The number of methoxy groups -OCH3 is 1. The van der Waals surface area contributed by atoms with Crippen molar-refractivity contribution in [3.63, 3.8) is 0 Å². The van der Waals surface area contributed by atoms with Gasteiger partial charge in [0.15, 0.2) is 11.6 Å². The highest BCUT2D eigenvalue weighted by Gasteiger charge is 2.42.